The Morgan fingerprint density at radius 2 is 2.56 bits per heavy atom. The molecule has 0 aliphatic carbocycles. The molecule has 1 aromatic rings. The minimum Gasteiger partial charge on any atom is -0.490 e. The van der Waals surface area contributed by atoms with Crippen molar-refractivity contribution in [1.82, 2.24) is 10.3 Å². The van der Waals surface area contributed by atoms with E-state index in [-0.39, 0.29) is 0 Å². The first-order chi connectivity index (χ1) is 7.79. The number of ether oxygens (including phenoxy) is 1. The van der Waals surface area contributed by atoms with Crippen molar-refractivity contribution in [1.29, 1.82) is 0 Å². The first-order valence-corrected chi connectivity index (χ1v) is 5.75. The van der Waals surface area contributed by atoms with Crippen molar-refractivity contribution in [2.75, 3.05) is 13.2 Å². The van der Waals surface area contributed by atoms with Gasteiger partial charge in [-0.05, 0) is 44.0 Å². The molecule has 3 heteroatoms. The molecular formula is C13H18N2O. The molecule has 2 rings (SSSR count). The van der Waals surface area contributed by atoms with Gasteiger partial charge in [0.15, 0.2) is 0 Å². The highest BCUT2D eigenvalue weighted by Crippen LogP contribution is 2.16. The highest BCUT2D eigenvalue weighted by atomic mass is 16.5. The van der Waals surface area contributed by atoms with E-state index >= 15 is 0 Å². The summed E-state index contributed by atoms with van der Waals surface area (Å²) >= 11 is 0. The van der Waals surface area contributed by atoms with Crippen LogP contribution in [0.4, 0.5) is 0 Å². The number of aryl methyl sites for hydroxylation is 1. The van der Waals surface area contributed by atoms with Crippen molar-refractivity contribution in [3.8, 4) is 5.75 Å². The van der Waals surface area contributed by atoms with Gasteiger partial charge in [0.1, 0.15) is 12.4 Å². The van der Waals surface area contributed by atoms with E-state index in [0.717, 1.165) is 30.2 Å². The zero-order valence-corrected chi connectivity index (χ0v) is 9.70. The van der Waals surface area contributed by atoms with Gasteiger partial charge < -0.3 is 10.1 Å². The number of hydrogen-bond donors (Lipinski definition) is 1. The summed E-state index contributed by atoms with van der Waals surface area (Å²) < 4.78 is 5.71. The molecule has 86 valence electrons. The fourth-order valence-corrected chi connectivity index (χ4v) is 1.95. The van der Waals surface area contributed by atoms with Gasteiger partial charge >= 0.3 is 0 Å². The summed E-state index contributed by atoms with van der Waals surface area (Å²) in [5.74, 6) is 0.844. The van der Waals surface area contributed by atoms with Gasteiger partial charge in [-0.3, -0.25) is 4.98 Å². The summed E-state index contributed by atoms with van der Waals surface area (Å²) in [4.78, 5) is 4.28. The normalized spacial score (nSPS) is 19.7. The average Bonchev–Trinajstić information content (AvgIpc) is 2.79. The van der Waals surface area contributed by atoms with Crippen LogP contribution < -0.4 is 10.1 Å². The molecule has 0 bridgehead atoms. The molecule has 16 heavy (non-hydrogen) atoms. The molecule has 1 N–H and O–H groups in total. The second-order valence-electron chi connectivity index (χ2n) is 4.18. The largest absolute Gasteiger partial charge is 0.490 e. The molecule has 1 aromatic heterocycles. The monoisotopic (exact) mass is 218 g/mol. The van der Waals surface area contributed by atoms with Crippen LogP contribution in [0, 0.1) is 6.92 Å². The third kappa shape index (κ3) is 2.61. The zero-order chi connectivity index (χ0) is 11.4. The lowest BCUT2D eigenvalue weighted by Gasteiger charge is -2.12. The number of aromatic nitrogens is 1. The second-order valence-corrected chi connectivity index (χ2v) is 4.18. The molecule has 1 aliphatic heterocycles. The Hall–Kier alpha value is -1.35. The Morgan fingerprint density at radius 1 is 1.69 bits per heavy atom. The maximum atomic E-state index is 5.71. The molecular weight excluding hydrogens is 200 g/mol. The molecule has 2 heterocycles. The number of pyridine rings is 1. The van der Waals surface area contributed by atoms with Crippen molar-refractivity contribution in [3.05, 3.63) is 30.1 Å². The number of nitrogens with zero attached hydrogens (tertiary/aromatic N) is 1. The Kier molecular flexibility index (Phi) is 3.57. The highest BCUT2D eigenvalue weighted by Gasteiger charge is 2.14. The lowest BCUT2D eigenvalue weighted by atomic mass is 10.2. The van der Waals surface area contributed by atoms with Gasteiger partial charge in [-0.1, -0.05) is 6.58 Å². The Balaban J connectivity index is 1.93. The number of rotatable bonds is 4. The molecule has 0 saturated carbocycles. The van der Waals surface area contributed by atoms with Crippen LogP contribution in [-0.2, 0) is 0 Å². The highest BCUT2D eigenvalue weighted by molar-refractivity contribution is 5.47. The van der Waals surface area contributed by atoms with Gasteiger partial charge in [-0.25, -0.2) is 0 Å². The maximum absolute atomic E-state index is 5.71. The predicted molar refractivity (Wildman–Crippen MR) is 65.6 cm³/mol. The van der Waals surface area contributed by atoms with Crippen LogP contribution in [0.2, 0.25) is 0 Å². The SMILES string of the molecule is C=Cc1ncc(OC[C@@H]2CCCN2)cc1C. The summed E-state index contributed by atoms with van der Waals surface area (Å²) in [6.45, 7) is 7.58. The number of nitrogens with one attached hydrogen (secondary N) is 1. The summed E-state index contributed by atoms with van der Waals surface area (Å²) in [7, 11) is 0. The van der Waals surface area contributed by atoms with Crippen LogP contribution in [0.3, 0.4) is 0 Å². The van der Waals surface area contributed by atoms with E-state index in [1.165, 1.54) is 12.8 Å². The molecule has 1 atom stereocenters. The molecule has 1 fully saturated rings. The lowest BCUT2D eigenvalue weighted by Crippen LogP contribution is -2.28. The Morgan fingerprint density at radius 3 is 3.19 bits per heavy atom. The quantitative estimate of drug-likeness (QED) is 0.841. The van der Waals surface area contributed by atoms with E-state index in [9.17, 15) is 0 Å². The van der Waals surface area contributed by atoms with Crippen molar-refractivity contribution in [3.63, 3.8) is 0 Å². The van der Waals surface area contributed by atoms with Crippen molar-refractivity contribution in [2.24, 2.45) is 0 Å². The van der Waals surface area contributed by atoms with Gasteiger partial charge in [0.25, 0.3) is 0 Å². The summed E-state index contributed by atoms with van der Waals surface area (Å²) in [5.41, 5.74) is 2.03. The molecule has 0 aromatic carbocycles. The van der Waals surface area contributed by atoms with Crippen molar-refractivity contribution >= 4 is 6.08 Å². The first kappa shape index (κ1) is 11.1. The molecule has 1 saturated heterocycles. The first-order valence-electron chi connectivity index (χ1n) is 5.75. The molecule has 0 radical (unpaired) electrons. The van der Waals surface area contributed by atoms with E-state index in [1.54, 1.807) is 12.3 Å². The van der Waals surface area contributed by atoms with Gasteiger partial charge in [-0.15, -0.1) is 0 Å². The minimum absolute atomic E-state index is 0.499. The van der Waals surface area contributed by atoms with Gasteiger partial charge in [0.05, 0.1) is 11.9 Å². The van der Waals surface area contributed by atoms with Crippen molar-refractivity contribution < 1.29 is 4.74 Å². The number of hydrogen-bond acceptors (Lipinski definition) is 3. The lowest BCUT2D eigenvalue weighted by molar-refractivity contribution is 0.276. The smallest absolute Gasteiger partial charge is 0.137 e. The molecule has 3 nitrogen and oxygen atoms in total. The second kappa shape index (κ2) is 5.12. The predicted octanol–water partition coefficient (Wildman–Crippen LogP) is 2.16. The Bertz CT molecular complexity index is 370. The molecule has 0 amide bonds. The van der Waals surface area contributed by atoms with E-state index in [0.29, 0.717) is 6.04 Å². The summed E-state index contributed by atoms with van der Waals surface area (Å²) in [6.07, 6.45) is 5.98. The van der Waals surface area contributed by atoms with Crippen LogP contribution >= 0.6 is 0 Å². The Labute approximate surface area is 96.5 Å². The minimum atomic E-state index is 0.499. The van der Waals surface area contributed by atoms with Crippen LogP contribution in [0.25, 0.3) is 6.08 Å². The van der Waals surface area contributed by atoms with Gasteiger partial charge in [0.2, 0.25) is 0 Å². The van der Waals surface area contributed by atoms with Crippen LogP contribution in [0.15, 0.2) is 18.8 Å². The van der Waals surface area contributed by atoms with Gasteiger partial charge in [-0.2, -0.15) is 0 Å². The average molecular weight is 218 g/mol. The molecule has 0 spiro atoms. The molecule has 1 aliphatic rings. The van der Waals surface area contributed by atoms with E-state index in [4.69, 9.17) is 4.74 Å². The summed E-state index contributed by atoms with van der Waals surface area (Å²) in [5, 5.41) is 3.40. The topological polar surface area (TPSA) is 34.1 Å². The van der Waals surface area contributed by atoms with E-state index in [1.807, 2.05) is 13.0 Å². The third-order valence-corrected chi connectivity index (χ3v) is 2.90. The fourth-order valence-electron chi connectivity index (χ4n) is 1.95. The van der Waals surface area contributed by atoms with Crippen LogP contribution in [0.1, 0.15) is 24.1 Å². The van der Waals surface area contributed by atoms with Gasteiger partial charge in [0, 0.05) is 6.04 Å². The summed E-state index contributed by atoms with van der Waals surface area (Å²) in [6, 6.07) is 2.51. The maximum Gasteiger partial charge on any atom is 0.137 e. The molecule has 0 unspecified atom stereocenters. The van der Waals surface area contributed by atoms with E-state index < -0.39 is 0 Å². The van der Waals surface area contributed by atoms with Crippen molar-refractivity contribution in [2.45, 2.75) is 25.8 Å². The third-order valence-electron chi connectivity index (χ3n) is 2.90. The van der Waals surface area contributed by atoms with Crippen LogP contribution in [-0.4, -0.2) is 24.2 Å². The van der Waals surface area contributed by atoms with Crippen LogP contribution in [0.5, 0.6) is 5.75 Å². The zero-order valence-electron chi connectivity index (χ0n) is 9.70. The standard InChI is InChI=1S/C13H18N2O/c1-3-13-10(2)7-12(8-15-13)16-9-11-5-4-6-14-11/h3,7-8,11,14H,1,4-6,9H2,2H3/t11-/m0/s1. The fraction of sp³-hybridized carbons (Fsp3) is 0.462. The van der Waals surface area contributed by atoms with E-state index in [2.05, 4.69) is 16.9 Å².